The van der Waals surface area contributed by atoms with Crippen LogP contribution in [-0.2, 0) is 4.74 Å². The van der Waals surface area contributed by atoms with Crippen LogP contribution in [0.3, 0.4) is 0 Å². The first-order chi connectivity index (χ1) is 7.67. The highest BCUT2D eigenvalue weighted by Crippen LogP contribution is 2.14. The molecule has 96 valence electrons. The Morgan fingerprint density at radius 3 is 2.44 bits per heavy atom. The molecule has 1 aliphatic rings. The van der Waals surface area contributed by atoms with E-state index < -0.39 is 0 Å². The molecule has 1 rings (SSSR count). The van der Waals surface area contributed by atoms with Crippen LogP contribution >= 0.6 is 0 Å². The van der Waals surface area contributed by atoms with Crippen LogP contribution in [0, 0.1) is 0 Å². The second kappa shape index (κ2) is 7.22. The van der Waals surface area contributed by atoms with Gasteiger partial charge < -0.3 is 20.3 Å². The van der Waals surface area contributed by atoms with Crippen LogP contribution in [0.4, 0.5) is 0 Å². The van der Waals surface area contributed by atoms with E-state index in [1.165, 1.54) is 25.9 Å². The molecule has 4 nitrogen and oxygen atoms in total. The Kier molecular flexibility index (Phi) is 6.28. The molecule has 1 heterocycles. The van der Waals surface area contributed by atoms with E-state index in [0.717, 1.165) is 19.2 Å². The number of likely N-dealkylation sites (tertiary alicyclic amines) is 1. The molecule has 0 aromatic heterocycles. The minimum Gasteiger partial charge on any atom is -0.376 e. The van der Waals surface area contributed by atoms with Crippen molar-refractivity contribution < 1.29 is 4.74 Å². The van der Waals surface area contributed by atoms with Gasteiger partial charge in [-0.05, 0) is 47.0 Å². The van der Waals surface area contributed by atoms with Crippen molar-refractivity contribution in [3.8, 4) is 0 Å². The van der Waals surface area contributed by atoms with Gasteiger partial charge in [0, 0.05) is 25.7 Å². The molecule has 2 N–H and O–H groups in total. The Balaban J connectivity index is 2.25. The lowest BCUT2D eigenvalue weighted by atomic mass is 10.0. The summed E-state index contributed by atoms with van der Waals surface area (Å²) < 4.78 is 5.59. The van der Waals surface area contributed by atoms with Crippen molar-refractivity contribution in [2.75, 3.05) is 46.9 Å². The van der Waals surface area contributed by atoms with Crippen molar-refractivity contribution in [3.05, 3.63) is 0 Å². The number of ether oxygens (including phenoxy) is 1. The SMILES string of the molecule is CCOC(CN)CN1CCC(N(C)C)CC1. The van der Waals surface area contributed by atoms with Crippen molar-refractivity contribution in [3.63, 3.8) is 0 Å². The van der Waals surface area contributed by atoms with Gasteiger partial charge in [-0.2, -0.15) is 0 Å². The van der Waals surface area contributed by atoms with Gasteiger partial charge in [0.15, 0.2) is 0 Å². The molecular formula is C12H27N3O. The highest BCUT2D eigenvalue weighted by molar-refractivity contribution is 4.78. The van der Waals surface area contributed by atoms with Gasteiger partial charge in [0.05, 0.1) is 6.10 Å². The number of rotatable bonds is 6. The minimum atomic E-state index is 0.209. The molecule has 1 atom stereocenters. The van der Waals surface area contributed by atoms with E-state index in [4.69, 9.17) is 10.5 Å². The van der Waals surface area contributed by atoms with Crippen LogP contribution in [0.15, 0.2) is 0 Å². The normalized spacial score (nSPS) is 21.6. The highest BCUT2D eigenvalue weighted by atomic mass is 16.5. The molecule has 1 unspecified atom stereocenters. The summed E-state index contributed by atoms with van der Waals surface area (Å²) in [5.41, 5.74) is 5.69. The summed E-state index contributed by atoms with van der Waals surface area (Å²) in [7, 11) is 4.34. The number of hydrogen-bond donors (Lipinski definition) is 1. The lowest BCUT2D eigenvalue weighted by Gasteiger charge is -2.36. The summed E-state index contributed by atoms with van der Waals surface area (Å²) in [4.78, 5) is 4.81. The predicted octanol–water partition coefficient (Wildman–Crippen LogP) is 0.376. The smallest absolute Gasteiger partial charge is 0.0823 e. The molecule has 0 aromatic rings. The highest BCUT2D eigenvalue weighted by Gasteiger charge is 2.22. The molecule has 4 heteroatoms. The number of piperidine rings is 1. The number of hydrogen-bond acceptors (Lipinski definition) is 4. The molecular weight excluding hydrogens is 202 g/mol. The Labute approximate surface area is 99.7 Å². The zero-order chi connectivity index (χ0) is 12.0. The average Bonchev–Trinajstić information content (AvgIpc) is 2.29. The molecule has 1 fully saturated rings. The average molecular weight is 229 g/mol. The summed E-state index contributed by atoms with van der Waals surface area (Å²) in [6, 6.07) is 0.750. The van der Waals surface area contributed by atoms with Crippen LogP contribution in [0.5, 0.6) is 0 Å². The van der Waals surface area contributed by atoms with E-state index in [1.807, 2.05) is 6.92 Å². The Bertz CT molecular complexity index is 179. The Morgan fingerprint density at radius 1 is 1.38 bits per heavy atom. The molecule has 0 radical (unpaired) electrons. The third kappa shape index (κ3) is 4.37. The van der Waals surface area contributed by atoms with E-state index in [-0.39, 0.29) is 6.10 Å². The maximum Gasteiger partial charge on any atom is 0.0823 e. The lowest BCUT2D eigenvalue weighted by Crippen LogP contribution is -2.46. The molecule has 0 bridgehead atoms. The quantitative estimate of drug-likeness (QED) is 0.715. The molecule has 0 aliphatic carbocycles. The van der Waals surface area contributed by atoms with Gasteiger partial charge in [0.2, 0.25) is 0 Å². The van der Waals surface area contributed by atoms with Gasteiger partial charge in [-0.1, -0.05) is 0 Å². The molecule has 16 heavy (non-hydrogen) atoms. The maximum atomic E-state index is 5.69. The summed E-state index contributed by atoms with van der Waals surface area (Å²) in [6.07, 6.45) is 2.73. The second-order valence-electron chi connectivity index (χ2n) is 4.81. The number of nitrogens with two attached hydrogens (primary N) is 1. The first kappa shape index (κ1) is 13.9. The molecule has 1 saturated heterocycles. The van der Waals surface area contributed by atoms with Crippen LogP contribution in [0.25, 0.3) is 0 Å². The second-order valence-corrected chi connectivity index (χ2v) is 4.81. The van der Waals surface area contributed by atoms with Gasteiger partial charge in [0.1, 0.15) is 0 Å². The van der Waals surface area contributed by atoms with Crippen LogP contribution in [0.2, 0.25) is 0 Å². The Morgan fingerprint density at radius 2 is 2.00 bits per heavy atom. The van der Waals surface area contributed by atoms with Crippen molar-refractivity contribution >= 4 is 0 Å². The fourth-order valence-corrected chi connectivity index (χ4v) is 2.34. The molecule has 0 amide bonds. The summed E-state index contributed by atoms with van der Waals surface area (Å²) in [6.45, 7) is 6.75. The molecule has 0 saturated carbocycles. The first-order valence-electron chi connectivity index (χ1n) is 6.37. The lowest BCUT2D eigenvalue weighted by molar-refractivity contribution is 0.0275. The van der Waals surface area contributed by atoms with Gasteiger partial charge in [-0.25, -0.2) is 0 Å². The number of nitrogens with zero attached hydrogens (tertiary/aromatic N) is 2. The van der Waals surface area contributed by atoms with Crippen molar-refractivity contribution in [1.82, 2.24) is 9.80 Å². The topological polar surface area (TPSA) is 41.7 Å². The van der Waals surface area contributed by atoms with Crippen LogP contribution < -0.4 is 5.73 Å². The summed E-state index contributed by atoms with van der Waals surface area (Å²) >= 11 is 0. The molecule has 1 aliphatic heterocycles. The van der Waals surface area contributed by atoms with Gasteiger partial charge in [-0.15, -0.1) is 0 Å². The van der Waals surface area contributed by atoms with Crippen molar-refractivity contribution in [2.45, 2.75) is 31.9 Å². The van der Waals surface area contributed by atoms with E-state index in [1.54, 1.807) is 0 Å². The molecule has 0 spiro atoms. The van der Waals surface area contributed by atoms with Crippen molar-refractivity contribution in [2.24, 2.45) is 5.73 Å². The minimum absolute atomic E-state index is 0.209. The maximum absolute atomic E-state index is 5.69. The van der Waals surface area contributed by atoms with Gasteiger partial charge in [-0.3, -0.25) is 0 Å². The fourth-order valence-electron chi connectivity index (χ4n) is 2.34. The van der Waals surface area contributed by atoms with Crippen molar-refractivity contribution in [1.29, 1.82) is 0 Å². The van der Waals surface area contributed by atoms with Crippen LogP contribution in [0.1, 0.15) is 19.8 Å². The summed E-state index contributed by atoms with van der Waals surface area (Å²) in [5, 5.41) is 0. The van der Waals surface area contributed by atoms with E-state index in [9.17, 15) is 0 Å². The van der Waals surface area contributed by atoms with Gasteiger partial charge in [0.25, 0.3) is 0 Å². The first-order valence-corrected chi connectivity index (χ1v) is 6.37. The monoisotopic (exact) mass is 229 g/mol. The predicted molar refractivity (Wildman–Crippen MR) is 67.6 cm³/mol. The largest absolute Gasteiger partial charge is 0.376 e. The standard InChI is InChI=1S/C12H27N3O/c1-4-16-12(9-13)10-15-7-5-11(6-8-15)14(2)3/h11-12H,4-10,13H2,1-3H3. The van der Waals surface area contributed by atoms with Crippen LogP contribution in [-0.4, -0.2) is 68.8 Å². The molecule has 0 aromatic carbocycles. The fraction of sp³-hybridized carbons (Fsp3) is 1.00. The third-order valence-electron chi connectivity index (χ3n) is 3.41. The zero-order valence-electron chi connectivity index (χ0n) is 11.0. The Hall–Kier alpha value is -0.160. The third-order valence-corrected chi connectivity index (χ3v) is 3.41. The van der Waals surface area contributed by atoms with E-state index in [0.29, 0.717) is 6.54 Å². The van der Waals surface area contributed by atoms with E-state index >= 15 is 0 Å². The van der Waals surface area contributed by atoms with Gasteiger partial charge >= 0.3 is 0 Å². The summed E-state index contributed by atoms with van der Waals surface area (Å²) in [5.74, 6) is 0. The zero-order valence-corrected chi connectivity index (χ0v) is 11.0. The van der Waals surface area contributed by atoms with E-state index in [2.05, 4.69) is 23.9 Å².